The summed E-state index contributed by atoms with van der Waals surface area (Å²) >= 11 is 3.53. The first-order valence-corrected chi connectivity index (χ1v) is 10.6. The molecule has 2 aliphatic rings. The lowest BCUT2D eigenvalue weighted by atomic mass is 9.97. The number of ether oxygens (including phenoxy) is 2. The van der Waals surface area contributed by atoms with E-state index in [0.717, 1.165) is 32.8 Å². The Kier molecular flexibility index (Phi) is 4.89. The van der Waals surface area contributed by atoms with Crippen molar-refractivity contribution in [1.82, 2.24) is 5.32 Å². The van der Waals surface area contributed by atoms with Gasteiger partial charge in [-0.2, -0.15) is 0 Å². The van der Waals surface area contributed by atoms with Gasteiger partial charge in [-0.05, 0) is 43.3 Å². The number of benzene rings is 3. The molecule has 30 heavy (non-hydrogen) atoms. The number of quaternary nitrogens is 1. The average Bonchev–Trinajstić information content (AvgIpc) is 3.23. The third kappa shape index (κ3) is 3.64. The van der Waals surface area contributed by atoms with Crippen LogP contribution >= 0.6 is 15.9 Å². The minimum absolute atomic E-state index is 0.000551. The van der Waals surface area contributed by atoms with Crippen LogP contribution in [0, 0.1) is 6.92 Å². The molecule has 5 nitrogen and oxygen atoms in total. The van der Waals surface area contributed by atoms with E-state index in [1.807, 2.05) is 30.3 Å². The van der Waals surface area contributed by atoms with Crippen LogP contribution in [0.15, 0.2) is 71.2 Å². The van der Waals surface area contributed by atoms with Crippen molar-refractivity contribution < 1.29 is 19.9 Å². The smallest absolute Gasteiger partial charge is 0.231 e. The summed E-state index contributed by atoms with van der Waals surface area (Å²) in [6.45, 7) is 2.33. The van der Waals surface area contributed by atoms with Gasteiger partial charge < -0.3 is 25.2 Å². The molecular weight excluding hydrogens is 444 g/mol. The number of phenols is 1. The Balaban J connectivity index is 1.57. The van der Waals surface area contributed by atoms with Crippen molar-refractivity contribution >= 4 is 21.6 Å². The third-order valence-electron chi connectivity index (χ3n) is 5.53. The molecule has 0 spiro atoms. The van der Waals surface area contributed by atoms with Gasteiger partial charge in [-0.15, -0.1) is 0 Å². The van der Waals surface area contributed by atoms with E-state index < -0.39 is 0 Å². The molecule has 3 aromatic carbocycles. The fraction of sp³-hybridized carbons (Fsp3) is 0.167. The lowest BCUT2D eigenvalue weighted by Gasteiger charge is -2.30. The predicted molar refractivity (Wildman–Crippen MR) is 118 cm³/mol. The number of rotatable bonds is 3. The Morgan fingerprint density at radius 2 is 1.80 bits per heavy atom. The number of phenolic OH excluding ortho intramolecular Hbond substituents is 1. The highest BCUT2D eigenvalue weighted by Gasteiger charge is 2.30. The van der Waals surface area contributed by atoms with Gasteiger partial charge in [0.2, 0.25) is 6.79 Å². The Labute approximate surface area is 183 Å². The fourth-order valence-corrected chi connectivity index (χ4v) is 4.28. The molecule has 6 heteroatoms. The van der Waals surface area contributed by atoms with E-state index in [1.54, 1.807) is 6.07 Å². The summed E-state index contributed by atoms with van der Waals surface area (Å²) in [5, 5.41) is 16.4. The number of hydrogen-bond donors (Lipinski definition) is 3. The van der Waals surface area contributed by atoms with Crippen LogP contribution in [-0.2, 0) is 0 Å². The molecule has 0 aromatic heterocycles. The van der Waals surface area contributed by atoms with E-state index in [4.69, 9.17) is 9.47 Å². The van der Waals surface area contributed by atoms with E-state index in [9.17, 15) is 5.11 Å². The molecule has 0 amide bonds. The molecule has 4 N–H and O–H groups in total. The molecule has 0 fully saturated rings. The molecule has 3 aromatic rings. The van der Waals surface area contributed by atoms with Crippen LogP contribution in [0.2, 0.25) is 0 Å². The molecule has 5 rings (SSSR count). The van der Waals surface area contributed by atoms with Gasteiger partial charge in [0.15, 0.2) is 17.7 Å². The van der Waals surface area contributed by atoms with E-state index >= 15 is 0 Å². The topological polar surface area (TPSA) is 67.3 Å². The number of halogens is 1. The lowest BCUT2D eigenvalue weighted by molar-refractivity contribution is -0.731. The zero-order valence-electron chi connectivity index (χ0n) is 16.4. The first kappa shape index (κ1) is 19.0. The Hall–Kier alpha value is -2.96. The van der Waals surface area contributed by atoms with Crippen molar-refractivity contribution in [3.63, 3.8) is 0 Å². The quantitative estimate of drug-likeness (QED) is 0.543. The number of hydrogen-bond acceptors (Lipinski definition) is 4. The van der Waals surface area contributed by atoms with Gasteiger partial charge in [0, 0.05) is 27.4 Å². The van der Waals surface area contributed by atoms with E-state index in [0.29, 0.717) is 0 Å². The molecule has 2 aliphatic heterocycles. The van der Waals surface area contributed by atoms with Crippen LogP contribution in [0.25, 0.3) is 5.70 Å². The second-order valence-corrected chi connectivity index (χ2v) is 8.52. The van der Waals surface area contributed by atoms with Gasteiger partial charge >= 0.3 is 0 Å². The van der Waals surface area contributed by atoms with Crippen molar-refractivity contribution in [2.24, 2.45) is 0 Å². The van der Waals surface area contributed by atoms with E-state index in [1.165, 1.54) is 11.1 Å². The van der Waals surface area contributed by atoms with Gasteiger partial charge in [-0.3, -0.25) is 0 Å². The van der Waals surface area contributed by atoms with Crippen molar-refractivity contribution in [2.75, 3.05) is 6.79 Å². The van der Waals surface area contributed by atoms with Gasteiger partial charge in [0.25, 0.3) is 0 Å². The van der Waals surface area contributed by atoms with Gasteiger partial charge in [0.1, 0.15) is 11.8 Å². The van der Waals surface area contributed by atoms with Gasteiger partial charge in [0.05, 0.1) is 5.56 Å². The first-order chi connectivity index (χ1) is 14.6. The van der Waals surface area contributed by atoms with Gasteiger partial charge in [-0.25, -0.2) is 0 Å². The predicted octanol–water partition coefficient (Wildman–Crippen LogP) is 4.14. The molecule has 0 aliphatic carbocycles. The summed E-state index contributed by atoms with van der Waals surface area (Å²) in [7, 11) is 0. The SMILES string of the molecule is Cc1ccc(C2NC(c3ccc4c(c3)OCO4)=CC(c3cc(Br)ccc3O)[NH2+]2)cc1. The molecule has 0 saturated heterocycles. The van der Waals surface area contributed by atoms with Gasteiger partial charge in [-0.1, -0.05) is 45.8 Å². The summed E-state index contributed by atoms with van der Waals surface area (Å²) in [5.74, 6) is 1.79. The number of fused-ring (bicyclic) bond motifs is 1. The molecule has 0 saturated carbocycles. The number of nitrogens with one attached hydrogen (secondary N) is 1. The second-order valence-electron chi connectivity index (χ2n) is 7.60. The highest BCUT2D eigenvalue weighted by molar-refractivity contribution is 9.10. The lowest BCUT2D eigenvalue weighted by Crippen LogP contribution is -2.89. The van der Waals surface area contributed by atoms with Crippen LogP contribution in [0.1, 0.15) is 34.5 Å². The van der Waals surface area contributed by atoms with Crippen LogP contribution in [0.4, 0.5) is 0 Å². The molecule has 152 valence electrons. The monoisotopic (exact) mass is 465 g/mol. The molecular formula is C24H22BrN2O3+. The van der Waals surface area contributed by atoms with E-state index in [-0.39, 0.29) is 24.8 Å². The molecule has 0 bridgehead atoms. The number of aryl methyl sites for hydroxylation is 1. The maximum Gasteiger partial charge on any atom is 0.231 e. The maximum atomic E-state index is 10.5. The van der Waals surface area contributed by atoms with Crippen LogP contribution in [-0.4, -0.2) is 11.9 Å². The second kappa shape index (κ2) is 7.70. The minimum atomic E-state index is -0.0597. The highest BCUT2D eigenvalue weighted by atomic mass is 79.9. The number of aromatic hydroxyl groups is 1. The van der Waals surface area contributed by atoms with Crippen LogP contribution < -0.4 is 20.1 Å². The van der Waals surface area contributed by atoms with E-state index in [2.05, 4.69) is 63.8 Å². The summed E-state index contributed by atoms with van der Waals surface area (Å²) in [6, 6.07) is 20.0. The average molecular weight is 466 g/mol. The molecule has 0 radical (unpaired) electrons. The van der Waals surface area contributed by atoms with Crippen molar-refractivity contribution in [2.45, 2.75) is 19.1 Å². The largest absolute Gasteiger partial charge is 0.507 e. The van der Waals surface area contributed by atoms with Crippen LogP contribution in [0.5, 0.6) is 17.2 Å². The summed E-state index contributed by atoms with van der Waals surface area (Å²) in [4.78, 5) is 0. The number of nitrogens with two attached hydrogens (primary N) is 1. The summed E-state index contributed by atoms with van der Waals surface area (Å²) in [6.07, 6.45) is 2.14. The van der Waals surface area contributed by atoms with Crippen LogP contribution in [0.3, 0.4) is 0 Å². The third-order valence-corrected chi connectivity index (χ3v) is 6.02. The zero-order chi connectivity index (χ0) is 20.7. The normalized spacial score (nSPS) is 19.9. The summed E-state index contributed by atoms with van der Waals surface area (Å²) < 4.78 is 12.0. The molecule has 2 unspecified atom stereocenters. The minimum Gasteiger partial charge on any atom is -0.507 e. The fourth-order valence-electron chi connectivity index (χ4n) is 3.90. The Morgan fingerprint density at radius 3 is 2.63 bits per heavy atom. The molecule has 2 atom stereocenters. The van der Waals surface area contributed by atoms with Crippen molar-refractivity contribution in [3.05, 3.63) is 93.5 Å². The Morgan fingerprint density at radius 1 is 1.00 bits per heavy atom. The maximum absolute atomic E-state index is 10.5. The Bertz CT molecular complexity index is 1130. The molecule has 2 heterocycles. The highest BCUT2D eigenvalue weighted by Crippen LogP contribution is 2.36. The summed E-state index contributed by atoms with van der Waals surface area (Å²) in [5.41, 5.74) is 5.27. The van der Waals surface area contributed by atoms with Crippen molar-refractivity contribution in [1.29, 1.82) is 0 Å². The zero-order valence-corrected chi connectivity index (χ0v) is 18.0. The van der Waals surface area contributed by atoms with Crippen molar-refractivity contribution in [3.8, 4) is 17.2 Å². The standard InChI is InChI=1S/C24H21BrN2O3/c1-14-2-4-15(5-3-14)24-26-19(16-6-9-22-23(10-16)30-13-29-22)12-20(27-24)18-11-17(25)7-8-21(18)28/h2-12,20,24,26-28H,13H2,1H3/p+1. The first-order valence-electron chi connectivity index (χ1n) is 9.85.